The van der Waals surface area contributed by atoms with Gasteiger partial charge in [0.1, 0.15) is 11.5 Å². The molecule has 3 aromatic carbocycles. The Hall–Kier alpha value is -4.08. The second-order valence-electron chi connectivity index (χ2n) is 12.5. The second-order valence-corrected chi connectivity index (χ2v) is 12.5. The van der Waals surface area contributed by atoms with Crippen LogP contribution >= 0.6 is 0 Å². The molecule has 0 radical (unpaired) electrons. The van der Waals surface area contributed by atoms with E-state index in [-0.39, 0.29) is 26.5 Å². The molecule has 4 heterocycles. The van der Waals surface area contributed by atoms with Gasteiger partial charge in [-0.25, -0.2) is 4.98 Å². The Morgan fingerprint density at radius 2 is 1.58 bits per heavy atom. The Morgan fingerprint density at radius 3 is 2.40 bits per heavy atom. The van der Waals surface area contributed by atoms with E-state index in [1.54, 1.807) is 0 Å². The number of aromatic nitrogens is 5. The van der Waals surface area contributed by atoms with Gasteiger partial charge in [0, 0.05) is 33.8 Å². The average Bonchev–Trinajstić information content (AvgIpc) is 3.57. The van der Waals surface area contributed by atoms with Crippen molar-refractivity contribution in [3.63, 3.8) is 0 Å². The molecule has 0 saturated heterocycles. The first-order valence-electron chi connectivity index (χ1n) is 14.6. The zero-order valence-corrected chi connectivity index (χ0v) is 27.3. The topological polar surface area (TPSA) is 57.7 Å². The Bertz CT molecular complexity index is 2040. The fourth-order valence-electron chi connectivity index (χ4n) is 6.00. The summed E-state index contributed by atoms with van der Waals surface area (Å²) >= 11 is 0. The maximum Gasteiger partial charge on any atom is 2.00 e. The normalized spacial score (nSPS) is 12.0. The molecule has 43 heavy (non-hydrogen) atoms. The van der Waals surface area contributed by atoms with Crippen molar-refractivity contribution in [3.8, 4) is 28.2 Å². The molecule has 0 saturated carbocycles. The van der Waals surface area contributed by atoms with Crippen LogP contribution in [0.1, 0.15) is 45.9 Å². The van der Waals surface area contributed by atoms with E-state index in [0.717, 1.165) is 67.8 Å². The molecule has 0 fully saturated rings. The molecule has 0 bridgehead atoms. The Morgan fingerprint density at radius 1 is 0.837 bits per heavy atom. The van der Waals surface area contributed by atoms with Crippen LogP contribution < -0.4 is 5.10 Å². The summed E-state index contributed by atoms with van der Waals surface area (Å²) in [6.45, 7) is 11.1. The van der Waals surface area contributed by atoms with Gasteiger partial charge < -0.3 is 10.2 Å². The summed E-state index contributed by atoms with van der Waals surface area (Å²) in [6.07, 6.45) is 2.80. The van der Waals surface area contributed by atoms with Crippen molar-refractivity contribution in [3.05, 3.63) is 108 Å². The van der Waals surface area contributed by atoms with E-state index in [9.17, 15) is 0 Å². The van der Waals surface area contributed by atoms with E-state index in [1.165, 1.54) is 10.9 Å². The predicted molar refractivity (Wildman–Crippen MR) is 172 cm³/mol. The molecular weight excluding hydrogens is 710 g/mol. The Labute approximate surface area is 266 Å². The third-order valence-electron chi connectivity index (χ3n) is 7.79. The summed E-state index contributed by atoms with van der Waals surface area (Å²) in [5.74, 6) is 1.35. The van der Waals surface area contributed by atoms with E-state index in [2.05, 4.69) is 134 Å². The molecule has 5 nitrogen and oxygen atoms in total. The molecule has 0 amide bonds. The maximum absolute atomic E-state index is 5.20. The van der Waals surface area contributed by atoms with Crippen LogP contribution in [0.15, 0.2) is 91.1 Å². The monoisotopic (exact) mass is 742 g/mol. The summed E-state index contributed by atoms with van der Waals surface area (Å²) in [6, 6.07) is 33.3. The number of fused-ring (bicyclic) bond motifs is 4. The van der Waals surface area contributed by atoms with Gasteiger partial charge in [0.05, 0.1) is 5.52 Å². The molecule has 0 aliphatic carbocycles. The van der Waals surface area contributed by atoms with Crippen molar-refractivity contribution in [2.24, 2.45) is 5.92 Å². The summed E-state index contributed by atoms with van der Waals surface area (Å²) < 4.78 is 2.15. The fraction of sp³-hybridized carbons (Fsp3) is 0.216. The minimum Gasteiger partial charge on any atom is -0.581 e. The Balaban J connectivity index is 0.00000329. The van der Waals surface area contributed by atoms with Crippen molar-refractivity contribution >= 4 is 32.8 Å². The van der Waals surface area contributed by atoms with Crippen LogP contribution in [0.5, 0.6) is 0 Å². The van der Waals surface area contributed by atoms with Crippen molar-refractivity contribution in [2.75, 3.05) is 0 Å². The first kappa shape index (κ1) is 29.0. The van der Waals surface area contributed by atoms with Crippen LogP contribution in [0.25, 0.3) is 61.0 Å². The van der Waals surface area contributed by atoms with Gasteiger partial charge in [0.2, 0.25) is 0 Å². The van der Waals surface area contributed by atoms with Crippen LogP contribution in [0.2, 0.25) is 0 Å². The molecule has 4 aromatic heterocycles. The van der Waals surface area contributed by atoms with Crippen molar-refractivity contribution in [1.29, 1.82) is 0 Å². The largest absolute Gasteiger partial charge is 2.00 e. The van der Waals surface area contributed by atoms with E-state index in [1.807, 2.05) is 12.3 Å². The number of para-hydroxylation sites is 1. The first-order valence-corrected chi connectivity index (χ1v) is 14.6. The van der Waals surface area contributed by atoms with Gasteiger partial charge in [-0.05, 0) is 42.0 Å². The molecule has 6 heteroatoms. The SMILES string of the molecule is CC(C)Cc1cc(-c2cccc(-n3c4ccccc4c4cccnc43)n2)[c-]c(-c2cccc3c(C(C)(C)C)n[n-]c23)c1.[Pt+2]. The van der Waals surface area contributed by atoms with E-state index >= 15 is 0 Å². The molecule has 7 aromatic rings. The number of hydrogen-bond donors (Lipinski definition) is 0. The maximum atomic E-state index is 5.20. The third-order valence-corrected chi connectivity index (χ3v) is 7.79. The molecule has 0 aliphatic rings. The molecule has 0 atom stereocenters. The minimum atomic E-state index is -0.0895. The van der Waals surface area contributed by atoms with Gasteiger partial charge in [0.25, 0.3) is 0 Å². The molecular formula is C37H33N5Pt. The van der Waals surface area contributed by atoms with Crippen molar-refractivity contribution < 1.29 is 21.1 Å². The molecule has 0 spiro atoms. The number of rotatable bonds is 5. The average molecular weight is 743 g/mol. The molecule has 7 rings (SSSR count). The standard InChI is InChI=1S/C37H33N5.Pt/c1-23(2)19-24-20-25(27-12-8-13-30-34(27)40-41-35(30)37(3,4)5)22-26(21-24)31-15-9-17-33(39-31)42-32-16-7-6-11-28(32)29-14-10-18-38-36(29)42;/h6-18,20-21,23H,19H2,1-5H3;/q-2;+2. The van der Waals surface area contributed by atoms with Crippen LogP contribution in [0.3, 0.4) is 0 Å². The molecule has 0 unspecified atom stereocenters. The Kier molecular flexibility index (Phi) is 7.56. The van der Waals surface area contributed by atoms with E-state index in [0.29, 0.717) is 5.92 Å². The van der Waals surface area contributed by atoms with Crippen LogP contribution in [-0.2, 0) is 32.9 Å². The summed E-state index contributed by atoms with van der Waals surface area (Å²) in [4.78, 5) is 9.95. The van der Waals surface area contributed by atoms with E-state index < -0.39 is 0 Å². The van der Waals surface area contributed by atoms with Crippen molar-refractivity contribution in [1.82, 2.24) is 24.7 Å². The van der Waals surface area contributed by atoms with Gasteiger partial charge in [-0.15, -0.1) is 34.8 Å². The van der Waals surface area contributed by atoms with Gasteiger partial charge in [-0.1, -0.05) is 94.3 Å². The number of nitrogens with zero attached hydrogens (tertiary/aromatic N) is 5. The first-order chi connectivity index (χ1) is 20.3. The van der Waals surface area contributed by atoms with Crippen molar-refractivity contribution in [2.45, 2.75) is 46.5 Å². The number of benzene rings is 3. The smallest absolute Gasteiger partial charge is 0.581 e. The summed E-state index contributed by atoms with van der Waals surface area (Å²) in [5, 5.41) is 12.7. The summed E-state index contributed by atoms with van der Waals surface area (Å²) in [5.41, 5.74) is 8.99. The summed E-state index contributed by atoms with van der Waals surface area (Å²) in [7, 11) is 0. The minimum absolute atomic E-state index is 0. The zero-order valence-electron chi connectivity index (χ0n) is 25.0. The molecule has 0 N–H and O–H groups in total. The van der Waals surface area contributed by atoms with Gasteiger partial charge in [-0.3, -0.25) is 9.55 Å². The van der Waals surface area contributed by atoms with E-state index in [4.69, 9.17) is 9.97 Å². The quantitative estimate of drug-likeness (QED) is 0.166. The number of hydrogen-bond acceptors (Lipinski definition) is 3. The fourth-order valence-corrected chi connectivity index (χ4v) is 6.00. The predicted octanol–water partition coefficient (Wildman–Crippen LogP) is 8.71. The second kappa shape index (κ2) is 11.2. The molecule has 0 aliphatic heterocycles. The van der Waals surface area contributed by atoms with Crippen LogP contribution in [0.4, 0.5) is 0 Å². The number of pyridine rings is 2. The van der Waals surface area contributed by atoms with Crippen LogP contribution in [0, 0.1) is 12.0 Å². The van der Waals surface area contributed by atoms with Gasteiger partial charge >= 0.3 is 21.1 Å². The third kappa shape index (κ3) is 5.21. The molecule has 216 valence electrons. The van der Waals surface area contributed by atoms with Crippen LogP contribution in [-0.4, -0.2) is 19.6 Å². The zero-order chi connectivity index (χ0) is 29.0. The van der Waals surface area contributed by atoms with Gasteiger partial charge in [-0.2, -0.15) is 0 Å². The van der Waals surface area contributed by atoms with Gasteiger partial charge in [0.15, 0.2) is 0 Å².